The molecule has 0 bridgehead atoms. The van der Waals surface area contributed by atoms with Gasteiger partial charge in [0.2, 0.25) is 12.3 Å². The molecular formula is C20H24N6O4. The Hall–Kier alpha value is -4.08. The summed E-state index contributed by atoms with van der Waals surface area (Å²) >= 11 is 0. The van der Waals surface area contributed by atoms with Crippen LogP contribution in [0.5, 0.6) is 0 Å². The Labute approximate surface area is 173 Å². The first-order valence-electron chi connectivity index (χ1n) is 8.94. The molecule has 2 aromatic carbocycles. The number of nitrogen functional groups attached to an aromatic ring is 2. The minimum Gasteiger partial charge on any atom is -0.399 e. The summed E-state index contributed by atoms with van der Waals surface area (Å²) in [5, 5.41) is 9.92. The standard InChI is InChI=1S/C20H24N6O4/c1-20(2,3)19(30)26-16-9-12(22)5-7-14(16)25-18(29)17(28)24-13-6-4-11(21)8-15(13)23-10-27/h4-10H,21-22H2,1-3H3,(H,23,27)(H,24,28)(H,25,29)(H,26,30). The van der Waals surface area contributed by atoms with Gasteiger partial charge in [0.1, 0.15) is 0 Å². The van der Waals surface area contributed by atoms with Crippen molar-refractivity contribution in [3.63, 3.8) is 0 Å². The average molecular weight is 412 g/mol. The van der Waals surface area contributed by atoms with E-state index in [0.717, 1.165) is 0 Å². The summed E-state index contributed by atoms with van der Waals surface area (Å²) < 4.78 is 0. The van der Waals surface area contributed by atoms with Crippen molar-refractivity contribution < 1.29 is 19.2 Å². The Morgan fingerprint density at radius 3 is 1.70 bits per heavy atom. The molecule has 158 valence electrons. The van der Waals surface area contributed by atoms with Gasteiger partial charge in [-0.3, -0.25) is 19.2 Å². The molecule has 2 rings (SSSR count). The SMILES string of the molecule is CC(C)(C)C(=O)Nc1cc(N)ccc1NC(=O)C(=O)Nc1ccc(N)cc1NC=O. The molecule has 0 aliphatic carbocycles. The number of carbonyl (C=O) groups is 4. The summed E-state index contributed by atoms with van der Waals surface area (Å²) in [6, 6.07) is 8.85. The fraction of sp³-hybridized carbons (Fsp3) is 0.200. The van der Waals surface area contributed by atoms with E-state index in [1.165, 1.54) is 36.4 Å². The molecule has 4 amide bonds. The van der Waals surface area contributed by atoms with E-state index >= 15 is 0 Å². The summed E-state index contributed by atoms with van der Waals surface area (Å²) in [4.78, 5) is 47.8. The van der Waals surface area contributed by atoms with E-state index in [9.17, 15) is 19.2 Å². The molecule has 10 nitrogen and oxygen atoms in total. The number of hydrogen-bond donors (Lipinski definition) is 6. The van der Waals surface area contributed by atoms with Crippen molar-refractivity contribution >= 4 is 58.3 Å². The zero-order valence-electron chi connectivity index (χ0n) is 16.8. The van der Waals surface area contributed by atoms with Crippen molar-refractivity contribution in [3.05, 3.63) is 36.4 Å². The van der Waals surface area contributed by atoms with Crippen LogP contribution >= 0.6 is 0 Å². The van der Waals surface area contributed by atoms with Gasteiger partial charge in [-0.1, -0.05) is 20.8 Å². The van der Waals surface area contributed by atoms with Crippen LogP contribution in [-0.4, -0.2) is 24.1 Å². The fourth-order valence-corrected chi connectivity index (χ4v) is 2.30. The normalized spacial score (nSPS) is 10.6. The molecule has 0 spiro atoms. The van der Waals surface area contributed by atoms with Crippen LogP contribution in [0.15, 0.2) is 36.4 Å². The molecule has 0 atom stereocenters. The lowest BCUT2D eigenvalue weighted by molar-refractivity contribution is -0.132. The molecule has 10 heteroatoms. The van der Waals surface area contributed by atoms with Crippen LogP contribution in [0.3, 0.4) is 0 Å². The monoisotopic (exact) mass is 412 g/mol. The first kappa shape index (κ1) is 22.2. The maximum atomic E-state index is 12.4. The lowest BCUT2D eigenvalue weighted by Crippen LogP contribution is -2.31. The van der Waals surface area contributed by atoms with Crippen LogP contribution in [0, 0.1) is 5.41 Å². The molecule has 0 fully saturated rings. The van der Waals surface area contributed by atoms with Gasteiger partial charge in [0.05, 0.1) is 22.7 Å². The topological polar surface area (TPSA) is 168 Å². The number of hydrogen-bond acceptors (Lipinski definition) is 6. The Balaban J connectivity index is 2.19. The van der Waals surface area contributed by atoms with E-state index in [2.05, 4.69) is 21.3 Å². The number of benzene rings is 2. The second-order valence-corrected chi connectivity index (χ2v) is 7.48. The molecule has 0 aliphatic heterocycles. The lowest BCUT2D eigenvalue weighted by atomic mass is 9.95. The van der Waals surface area contributed by atoms with Crippen LogP contribution in [0.4, 0.5) is 34.1 Å². The first-order valence-corrected chi connectivity index (χ1v) is 8.94. The second kappa shape index (κ2) is 8.95. The van der Waals surface area contributed by atoms with Crippen LogP contribution in [0.25, 0.3) is 0 Å². The number of nitrogens with two attached hydrogens (primary N) is 2. The van der Waals surface area contributed by atoms with Gasteiger partial charge < -0.3 is 32.7 Å². The summed E-state index contributed by atoms with van der Waals surface area (Å²) in [5.74, 6) is -2.27. The molecule has 30 heavy (non-hydrogen) atoms. The highest BCUT2D eigenvalue weighted by molar-refractivity contribution is 6.44. The Morgan fingerprint density at radius 1 is 0.767 bits per heavy atom. The van der Waals surface area contributed by atoms with Crippen LogP contribution in [0.1, 0.15) is 20.8 Å². The smallest absolute Gasteiger partial charge is 0.314 e. The van der Waals surface area contributed by atoms with E-state index < -0.39 is 17.2 Å². The van der Waals surface area contributed by atoms with Crippen LogP contribution in [0.2, 0.25) is 0 Å². The molecule has 8 N–H and O–H groups in total. The van der Waals surface area contributed by atoms with Crippen molar-refractivity contribution in [2.75, 3.05) is 32.7 Å². The van der Waals surface area contributed by atoms with Gasteiger partial charge >= 0.3 is 11.8 Å². The zero-order chi connectivity index (χ0) is 22.5. The highest BCUT2D eigenvalue weighted by atomic mass is 16.2. The van der Waals surface area contributed by atoms with E-state index in [1.807, 2.05) is 0 Å². The van der Waals surface area contributed by atoms with Gasteiger partial charge in [-0.05, 0) is 36.4 Å². The summed E-state index contributed by atoms with van der Waals surface area (Å²) in [6.07, 6.45) is 0.420. The Morgan fingerprint density at radius 2 is 1.23 bits per heavy atom. The van der Waals surface area contributed by atoms with Gasteiger partial charge in [-0.25, -0.2) is 0 Å². The number of carbonyl (C=O) groups excluding carboxylic acids is 4. The van der Waals surface area contributed by atoms with Crippen molar-refractivity contribution in [1.82, 2.24) is 0 Å². The zero-order valence-corrected chi connectivity index (χ0v) is 16.8. The van der Waals surface area contributed by atoms with Crippen molar-refractivity contribution in [3.8, 4) is 0 Å². The maximum Gasteiger partial charge on any atom is 0.314 e. The minimum atomic E-state index is -0.987. The molecule has 0 saturated carbocycles. The van der Waals surface area contributed by atoms with Gasteiger partial charge in [0, 0.05) is 16.8 Å². The third-order valence-corrected chi connectivity index (χ3v) is 3.93. The molecule has 0 aromatic heterocycles. The third kappa shape index (κ3) is 5.71. The maximum absolute atomic E-state index is 12.4. The third-order valence-electron chi connectivity index (χ3n) is 3.93. The molecule has 2 aromatic rings. The number of nitrogens with one attached hydrogen (secondary N) is 4. The number of anilines is 6. The highest BCUT2D eigenvalue weighted by Crippen LogP contribution is 2.27. The van der Waals surface area contributed by atoms with E-state index in [0.29, 0.717) is 17.8 Å². The second-order valence-electron chi connectivity index (χ2n) is 7.48. The molecular weight excluding hydrogens is 388 g/mol. The van der Waals surface area contributed by atoms with E-state index in [4.69, 9.17) is 11.5 Å². The number of rotatable bonds is 5. The molecule has 0 saturated heterocycles. The van der Waals surface area contributed by atoms with Crippen LogP contribution in [-0.2, 0) is 19.2 Å². The van der Waals surface area contributed by atoms with Gasteiger partial charge in [0.25, 0.3) is 0 Å². The van der Waals surface area contributed by atoms with Crippen molar-refractivity contribution in [2.45, 2.75) is 20.8 Å². The van der Waals surface area contributed by atoms with Crippen molar-refractivity contribution in [1.29, 1.82) is 0 Å². The molecule has 0 unspecified atom stereocenters. The number of amides is 4. The van der Waals surface area contributed by atoms with Gasteiger partial charge in [-0.2, -0.15) is 0 Å². The van der Waals surface area contributed by atoms with Gasteiger partial charge in [0.15, 0.2) is 0 Å². The van der Waals surface area contributed by atoms with E-state index in [1.54, 1.807) is 20.8 Å². The lowest BCUT2D eigenvalue weighted by Gasteiger charge is -2.20. The summed E-state index contributed by atoms with van der Waals surface area (Å²) in [5.41, 5.74) is 12.4. The minimum absolute atomic E-state index is 0.190. The summed E-state index contributed by atoms with van der Waals surface area (Å²) in [7, 11) is 0. The van der Waals surface area contributed by atoms with Gasteiger partial charge in [-0.15, -0.1) is 0 Å². The fourth-order valence-electron chi connectivity index (χ4n) is 2.30. The quantitative estimate of drug-likeness (QED) is 0.249. The Kier molecular flexibility index (Phi) is 6.62. The molecule has 0 aliphatic rings. The largest absolute Gasteiger partial charge is 0.399 e. The average Bonchev–Trinajstić information content (AvgIpc) is 2.65. The first-order chi connectivity index (χ1) is 14.0. The predicted octanol–water partition coefficient (Wildman–Crippen LogP) is 1.98. The Bertz CT molecular complexity index is 997. The molecule has 0 heterocycles. The highest BCUT2D eigenvalue weighted by Gasteiger charge is 2.23. The van der Waals surface area contributed by atoms with E-state index in [-0.39, 0.29) is 28.7 Å². The molecule has 0 radical (unpaired) electrons. The summed E-state index contributed by atoms with van der Waals surface area (Å²) in [6.45, 7) is 5.20. The van der Waals surface area contributed by atoms with Crippen molar-refractivity contribution in [2.24, 2.45) is 5.41 Å². The predicted molar refractivity (Wildman–Crippen MR) is 117 cm³/mol. The van der Waals surface area contributed by atoms with Crippen LogP contribution < -0.4 is 32.7 Å².